The summed E-state index contributed by atoms with van der Waals surface area (Å²) in [5.74, 6) is 0.991. The molecule has 2 heterocycles. The molecule has 4 aromatic rings. The van der Waals surface area contributed by atoms with Crippen LogP contribution in [0.5, 0.6) is 5.75 Å². The fourth-order valence-corrected chi connectivity index (χ4v) is 2.66. The molecule has 0 fully saturated rings. The second-order valence-corrected chi connectivity index (χ2v) is 5.62. The second-order valence-electron chi connectivity index (χ2n) is 5.62. The van der Waals surface area contributed by atoms with Crippen molar-refractivity contribution in [2.24, 2.45) is 10.2 Å². The molecule has 0 unspecified atom stereocenters. The third-order valence-corrected chi connectivity index (χ3v) is 3.94. The quantitative estimate of drug-likeness (QED) is 0.454. The molecule has 0 saturated heterocycles. The van der Waals surface area contributed by atoms with Gasteiger partial charge in [-0.3, -0.25) is 4.40 Å². The van der Waals surface area contributed by atoms with Crippen LogP contribution in [0.3, 0.4) is 0 Å². The lowest BCUT2D eigenvalue weighted by Crippen LogP contribution is -1.82. The van der Waals surface area contributed by atoms with E-state index in [0.717, 1.165) is 11.2 Å². The Labute approximate surface area is 149 Å². The van der Waals surface area contributed by atoms with E-state index in [1.165, 1.54) is 12.1 Å². The van der Waals surface area contributed by atoms with Gasteiger partial charge in [-0.05, 0) is 48.5 Å². The lowest BCUT2D eigenvalue weighted by molar-refractivity contribution is 0.415. The van der Waals surface area contributed by atoms with E-state index in [1.807, 2.05) is 47.0 Å². The highest BCUT2D eigenvalue weighted by atomic mass is 19.1. The van der Waals surface area contributed by atoms with Gasteiger partial charge < -0.3 is 4.74 Å². The van der Waals surface area contributed by atoms with Crippen molar-refractivity contribution in [2.75, 3.05) is 7.11 Å². The zero-order valence-corrected chi connectivity index (χ0v) is 14.0. The van der Waals surface area contributed by atoms with Gasteiger partial charge in [0.25, 0.3) is 0 Å². The molecule has 0 radical (unpaired) electrons. The van der Waals surface area contributed by atoms with Gasteiger partial charge in [0.2, 0.25) is 0 Å². The summed E-state index contributed by atoms with van der Waals surface area (Å²) in [7, 11) is 1.60. The van der Waals surface area contributed by atoms with E-state index >= 15 is 0 Å². The van der Waals surface area contributed by atoms with Gasteiger partial charge in [0.05, 0.1) is 12.8 Å². The largest absolute Gasteiger partial charge is 0.497 e. The molecule has 2 aromatic carbocycles. The number of methoxy groups -OCH3 is 1. The van der Waals surface area contributed by atoms with Crippen LogP contribution in [0.4, 0.5) is 15.9 Å². The number of imidazole rings is 1. The van der Waals surface area contributed by atoms with Crippen LogP contribution in [0.1, 0.15) is 0 Å². The number of hydrogen-bond acceptors (Lipinski definition) is 4. The Morgan fingerprint density at radius 1 is 0.962 bits per heavy atom. The number of fused-ring (bicyclic) bond motifs is 1. The molecule has 6 heteroatoms. The van der Waals surface area contributed by atoms with Gasteiger partial charge in [-0.15, -0.1) is 10.2 Å². The van der Waals surface area contributed by atoms with E-state index in [9.17, 15) is 4.39 Å². The maximum atomic E-state index is 13.3. The van der Waals surface area contributed by atoms with Crippen LogP contribution in [0.15, 0.2) is 83.2 Å². The van der Waals surface area contributed by atoms with Gasteiger partial charge in [-0.1, -0.05) is 12.1 Å². The minimum atomic E-state index is -0.294. The maximum Gasteiger partial charge on any atom is 0.187 e. The highest BCUT2D eigenvalue weighted by Crippen LogP contribution is 2.32. The highest BCUT2D eigenvalue weighted by molar-refractivity contribution is 5.74. The Morgan fingerprint density at radius 3 is 2.62 bits per heavy atom. The molecular weight excluding hydrogens is 331 g/mol. The summed E-state index contributed by atoms with van der Waals surface area (Å²) >= 11 is 0. The fourth-order valence-electron chi connectivity index (χ4n) is 2.66. The monoisotopic (exact) mass is 346 g/mol. The second kappa shape index (κ2) is 6.76. The summed E-state index contributed by atoms with van der Waals surface area (Å²) in [6, 6.07) is 19.2. The number of nitrogens with zero attached hydrogens (tertiary/aromatic N) is 4. The topological polar surface area (TPSA) is 51.2 Å². The first-order valence-electron chi connectivity index (χ1n) is 8.03. The smallest absolute Gasteiger partial charge is 0.187 e. The number of rotatable bonds is 4. The first kappa shape index (κ1) is 16.0. The molecule has 0 N–H and O–H groups in total. The average molecular weight is 346 g/mol. The van der Waals surface area contributed by atoms with Crippen LogP contribution in [0, 0.1) is 5.82 Å². The van der Waals surface area contributed by atoms with E-state index in [0.29, 0.717) is 22.9 Å². The summed E-state index contributed by atoms with van der Waals surface area (Å²) < 4.78 is 20.3. The van der Waals surface area contributed by atoms with Crippen molar-refractivity contribution in [1.82, 2.24) is 9.38 Å². The van der Waals surface area contributed by atoms with E-state index in [2.05, 4.69) is 15.2 Å². The maximum absolute atomic E-state index is 13.3. The molecule has 0 amide bonds. The van der Waals surface area contributed by atoms with Gasteiger partial charge >= 0.3 is 0 Å². The zero-order valence-electron chi connectivity index (χ0n) is 14.0. The zero-order chi connectivity index (χ0) is 17.9. The van der Waals surface area contributed by atoms with Crippen LogP contribution < -0.4 is 4.74 Å². The van der Waals surface area contributed by atoms with Crippen molar-refractivity contribution in [3.8, 4) is 17.0 Å². The molecule has 0 aliphatic heterocycles. The molecule has 0 bridgehead atoms. The molecule has 26 heavy (non-hydrogen) atoms. The lowest BCUT2D eigenvalue weighted by Gasteiger charge is -2.01. The van der Waals surface area contributed by atoms with Gasteiger partial charge in [-0.25, -0.2) is 9.37 Å². The predicted molar refractivity (Wildman–Crippen MR) is 97.8 cm³/mol. The molecule has 2 aromatic heterocycles. The molecule has 0 spiro atoms. The minimum absolute atomic E-state index is 0.294. The van der Waals surface area contributed by atoms with E-state index < -0.39 is 0 Å². The molecule has 4 rings (SSSR count). The summed E-state index contributed by atoms with van der Waals surface area (Å²) in [5.41, 5.74) is 2.82. The Morgan fingerprint density at radius 2 is 1.81 bits per heavy atom. The number of benzene rings is 2. The Bertz CT molecular complexity index is 1090. The van der Waals surface area contributed by atoms with Crippen LogP contribution in [-0.4, -0.2) is 16.5 Å². The van der Waals surface area contributed by atoms with Crippen LogP contribution in [0.25, 0.3) is 16.9 Å². The van der Waals surface area contributed by atoms with E-state index in [1.54, 1.807) is 25.3 Å². The number of ether oxygens (including phenoxy) is 1. The third kappa shape index (κ3) is 3.04. The van der Waals surface area contributed by atoms with Gasteiger partial charge in [0.15, 0.2) is 5.82 Å². The first-order chi connectivity index (χ1) is 12.7. The van der Waals surface area contributed by atoms with Crippen molar-refractivity contribution in [1.29, 1.82) is 0 Å². The average Bonchev–Trinajstić information content (AvgIpc) is 3.05. The van der Waals surface area contributed by atoms with Crippen molar-refractivity contribution >= 4 is 17.2 Å². The molecule has 0 aliphatic rings. The van der Waals surface area contributed by atoms with Crippen molar-refractivity contribution in [2.45, 2.75) is 0 Å². The Balaban J connectivity index is 1.83. The molecule has 0 aliphatic carbocycles. The predicted octanol–water partition coefficient (Wildman–Crippen LogP) is 5.56. The highest BCUT2D eigenvalue weighted by Gasteiger charge is 2.13. The standard InChI is InChI=1S/C20H15FN4O/c1-26-17-6-4-5-16(13-17)23-24-20-19(14-8-10-15(21)11-9-14)22-18-7-2-3-12-25(18)20/h2-13H,1H3. The molecule has 5 nitrogen and oxygen atoms in total. The van der Waals surface area contributed by atoms with Crippen molar-refractivity contribution in [3.63, 3.8) is 0 Å². The third-order valence-electron chi connectivity index (χ3n) is 3.94. The Kier molecular flexibility index (Phi) is 4.15. The van der Waals surface area contributed by atoms with Crippen molar-refractivity contribution < 1.29 is 9.13 Å². The summed E-state index contributed by atoms with van der Waals surface area (Å²) in [5, 5.41) is 8.74. The van der Waals surface area contributed by atoms with Crippen LogP contribution in [0.2, 0.25) is 0 Å². The van der Waals surface area contributed by atoms with Gasteiger partial charge in [0, 0.05) is 17.8 Å². The number of hydrogen-bond donors (Lipinski definition) is 0. The Hall–Kier alpha value is -3.54. The first-order valence-corrected chi connectivity index (χ1v) is 8.03. The summed E-state index contributed by atoms with van der Waals surface area (Å²) in [6.45, 7) is 0. The van der Waals surface area contributed by atoms with E-state index in [4.69, 9.17) is 4.74 Å². The van der Waals surface area contributed by atoms with Crippen LogP contribution >= 0.6 is 0 Å². The molecule has 0 saturated carbocycles. The van der Waals surface area contributed by atoms with Gasteiger partial charge in [0.1, 0.15) is 22.9 Å². The number of azo groups is 1. The fraction of sp³-hybridized carbons (Fsp3) is 0.0500. The van der Waals surface area contributed by atoms with Crippen molar-refractivity contribution in [3.05, 3.63) is 78.7 Å². The normalized spacial score (nSPS) is 11.3. The lowest BCUT2D eigenvalue weighted by atomic mass is 10.1. The summed E-state index contributed by atoms with van der Waals surface area (Å²) in [6.07, 6.45) is 1.87. The summed E-state index contributed by atoms with van der Waals surface area (Å²) in [4.78, 5) is 4.62. The SMILES string of the molecule is COc1cccc(N=Nc2c(-c3ccc(F)cc3)nc3ccccn23)c1. The molecular formula is C20H15FN4O. The minimum Gasteiger partial charge on any atom is -0.497 e. The number of pyridine rings is 1. The molecule has 0 atom stereocenters. The number of aromatic nitrogens is 2. The number of halogens is 1. The van der Waals surface area contributed by atoms with Gasteiger partial charge in [-0.2, -0.15) is 0 Å². The van der Waals surface area contributed by atoms with E-state index in [-0.39, 0.29) is 5.82 Å². The van der Waals surface area contributed by atoms with Crippen LogP contribution in [-0.2, 0) is 0 Å². The molecule has 128 valence electrons.